The average molecular weight is 370 g/mol. The van der Waals surface area contributed by atoms with Crippen LogP contribution in [-0.4, -0.2) is 15.8 Å². The molecule has 0 fully saturated rings. The number of aromatic nitrogens is 1. The van der Waals surface area contributed by atoms with Crippen molar-refractivity contribution in [1.82, 2.24) is 4.98 Å². The van der Waals surface area contributed by atoms with Crippen LogP contribution >= 0.6 is 0 Å². The van der Waals surface area contributed by atoms with E-state index in [-0.39, 0.29) is 5.75 Å². The van der Waals surface area contributed by atoms with Gasteiger partial charge >= 0.3 is 0 Å². The number of aromatic amines is 1. The van der Waals surface area contributed by atoms with Gasteiger partial charge in [0.1, 0.15) is 17.9 Å². The predicted molar refractivity (Wildman–Crippen MR) is 110 cm³/mol. The monoisotopic (exact) mass is 370 g/mol. The Labute approximate surface area is 165 Å². The number of H-pyrrole nitrogens is 1. The minimum absolute atomic E-state index is 0.205. The fourth-order valence-corrected chi connectivity index (χ4v) is 3.97. The van der Waals surface area contributed by atoms with Crippen LogP contribution in [0.5, 0.6) is 5.75 Å². The molecular formula is C23H22N4O. The first kappa shape index (κ1) is 19.2. The second-order valence-corrected chi connectivity index (χ2v) is 7.22. The molecule has 0 spiro atoms. The standard InChI is InChI=1S/C23H22N4O/c1-11-7-17(28)8-12(2)20(11)21(22-13(3)18(9-24)15(5)26-22)23-14(4)19(10-25)16(6)27-23/h7-8,26,28H,1-6H3/b23-21-. The lowest BCUT2D eigenvalue weighted by Crippen LogP contribution is -2.01. The summed E-state index contributed by atoms with van der Waals surface area (Å²) in [6.45, 7) is 11.4. The van der Waals surface area contributed by atoms with Gasteiger partial charge in [-0.25, -0.2) is 0 Å². The minimum Gasteiger partial charge on any atom is -0.508 e. The van der Waals surface area contributed by atoms with Crippen molar-refractivity contribution in [2.24, 2.45) is 4.99 Å². The summed E-state index contributed by atoms with van der Waals surface area (Å²) < 4.78 is 0. The van der Waals surface area contributed by atoms with Crippen LogP contribution in [0, 0.1) is 50.4 Å². The highest BCUT2D eigenvalue weighted by Gasteiger charge is 2.27. The predicted octanol–water partition coefficient (Wildman–Crippen LogP) is 4.90. The molecule has 0 saturated heterocycles. The van der Waals surface area contributed by atoms with E-state index in [0.717, 1.165) is 50.5 Å². The smallest absolute Gasteiger partial charge is 0.116 e. The molecular weight excluding hydrogens is 348 g/mol. The van der Waals surface area contributed by atoms with E-state index in [1.54, 1.807) is 12.1 Å². The molecule has 1 aliphatic rings. The van der Waals surface area contributed by atoms with Gasteiger partial charge in [-0.3, -0.25) is 4.99 Å². The Morgan fingerprint density at radius 1 is 1.00 bits per heavy atom. The lowest BCUT2D eigenvalue weighted by atomic mass is 9.88. The van der Waals surface area contributed by atoms with Crippen molar-refractivity contribution in [3.8, 4) is 17.9 Å². The molecule has 5 heteroatoms. The van der Waals surface area contributed by atoms with Crippen LogP contribution < -0.4 is 0 Å². The van der Waals surface area contributed by atoms with Crippen LogP contribution in [-0.2, 0) is 0 Å². The third-order valence-corrected chi connectivity index (χ3v) is 5.29. The van der Waals surface area contributed by atoms with E-state index >= 15 is 0 Å². The highest BCUT2D eigenvalue weighted by atomic mass is 16.3. The first-order valence-corrected chi connectivity index (χ1v) is 9.02. The van der Waals surface area contributed by atoms with E-state index in [1.165, 1.54) is 0 Å². The summed E-state index contributed by atoms with van der Waals surface area (Å²) in [7, 11) is 0. The van der Waals surface area contributed by atoms with Crippen molar-refractivity contribution in [1.29, 1.82) is 10.5 Å². The van der Waals surface area contributed by atoms with Gasteiger partial charge in [0, 0.05) is 11.3 Å². The van der Waals surface area contributed by atoms with Crippen molar-refractivity contribution in [2.75, 3.05) is 0 Å². The van der Waals surface area contributed by atoms with Gasteiger partial charge in [-0.15, -0.1) is 0 Å². The highest BCUT2D eigenvalue weighted by Crippen LogP contribution is 2.40. The number of nitrogens with zero attached hydrogens (tertiary/aromatic N) is 3. The van der Waals surface area contributed by atoms with E-state index in [2.05, 4.69) is 17.1 Å². The van der Waals surface area contributed by atoms with E-state index in [9.17, 15) is 15.6 Å². The Balaban J connectivity index is 2.50. The first-order chi connectivity index (χ1) is 13.2. The van der Waals surface area contributed by atoms with Crippen LogP contribution in [0.25, 0.3) is 5.57 Å². The summed E-state index contributed by atoms with van der Waals surface area (Å²) in [5, 5.41) is 29.1. The van der Waals surface area contributed by atoms with Crippen LogP contribution in [0.4, 0.5) is 0 Å². The quantitative estimate of drug-likeness (QED) is 0.787. The number of nitrogens with one attached hydrogen (secondary N) is 1. The van der Waals surface area contributed by atoms with Gasteiger partial charge in [0.15, 0.2) is 0 Å². The molecule has 0 amide bonds. The van der Waals surface area contributed by atoms with Crippen molar-refractivity contribution in [3.63, 3.8) is 0 Å². The molecule has 0 saturated carbocycles. The number of phenolic OH excluding ortho intramolecular Hbond substituents is 1. The van der Waals surface area contributed by atoms with Crippen LogP contribution in [0.3, 0.4) is 0 Å². The van der Waals surface area contributed by atoms with E-state index < -0.39 is 0 Å². The molecule has 1 aromatic heterocycles. The van der Waals surface area contributed by atoms with Gasteiger partial charge in [-0.05, 0) is 81.5 Å². The minimum atomic E-state index is 0.205. The SMILES string of the molecule is CC1=N/C(=C(\c2[nH]c(C)c(C#N)c2C)c2c(C)cc(O)cc2C)C(C)=C1C#N. The fourth-order valence-electron chi connectivity index (χ4n) is 3.97. The largest absolute Gasteiger partial charge is 0.508 e. The Bertz CT molecular complexity index is 1170. The normalized spacial score (nSPS) is 15.4. The number of benzene rings is 1. The van der Waals surface area contributed by atoms with Crippen molar-refractivity contribution >= 4 is 11.3 Å². The molecule has 0 atom stereocenters. The molecule has 28 heavy (non-hydrogen) atoms. The second kappa shape index (κ2) is 6.87. The van der Waals surface area contributed by atoms with Crippen molar-refractivity contribution in [2.45, 2.75) is 41.5 Å². The Kier molecular flexibility index (Phi) is 4.71. The number of aromatic hydroxyl groups is 1. The fraction of sp³-hybridized carbons (Fsp3) is 0.261. The van der Waals surface area contributed by atoms with Gasteiger partial charge < -0.3 is 10.1 Å². The lowest BCUT2D eigenvalue weighted by molar-refractivity contribution is 0.474. The maximum absolute atomic E-state index is 10.0. The third-order valence-electron chi connectivity index (χ3n) is 5.29. The van der Waals surface area contributed by atoms with Gasteiger partial charge in [0.2, 0.25) is 0 Å². The Hall–Kier alpha value is -3.57. The summed E-state index contributed by atoms with van der Waals surface area (Å²) >= 11 is 0. The van der Waals surface area contributed by atoms with Crippen molar-refractivity contribution in [3.05, 3.63) is 68.2 Å². The summed E-state index contributed by atoms with van der Waals surface area (Å²) in [4.78, 5) is 8.08. The average Bonchev–Trinajstić information content (AvgIpc) is 3.05. The first-order valence-electron chi connectivity index (χ1n) is 9.02. The lowest BCUT2D eigenvalue weighted by Gasteiger charge is -2.17. The number of rotatable bonds is 2. The molecule has 0 radical (unpaired) electrons. The van der Waals surface area contributed by atoms with E-state index in [0.29, 0.717) is 16.8 Å². The number of hydrogen-bond acceptors (Lipinski definition) is 4. The zero-order valence-electron chi connectivity index (χ0n) is 16.9. The summed E-state index contributed by atoms with van der Waals surface area (Å²) in [5.74, 6) is 0.205. The highest BCUT2D eigenvalue weighted by molar-refractivity contribution is 6.08. The van der Waals surface area contributed by atoms with Gasteiger partial charge in [-0.1, -0.05) is 0 Å². The number of aliphatic imine (C=N–C) groups is 1. The molecule has 0 aliphatic carbocycles. The zero-order chi connectivity index (χ0) is 20.7. The number of hydrogen-bond donors (Lipinski definition) is 2. The molecule has 1 aromatic carbocycles. The molecule has 5 nitrogen and oxygen atoms in total. The van der Waals surface area contributed by atoms with Crippen LogP contribution in [0.15, 0.2) is 34.0 Å². The summed E-state index contributed by atoms with van der Waals surface area (Å²) in [6.07, 6.45) is 0. The molecule has 3 rings (SSSR count). The Morgan fingerprint density at radius 3 is 2.07 bits per heavy atom. The topological polar surface area (TPSA) is 96.0 Å². The van der Waals surface area contributed by atoms with Crippen LogP contribution in [0.1, 0.15) is 53.1 Å². The summed E-state index contributed by atoms with van der Waals surface area (Å²) in [6, 6.07) is 7.94. The van der Waals surface area contributed by atoms with Crippen LogP contribution in [0.2, 0.25) is 0 Å². The number of nitriles is 2. The van der Waals surface area contributed by atoms with E-state index in [1.807, 2.05) is 41.5 Å². The number of aryl methyl sites for hydroxylation is 3. The summed E-state index contributed by atoms with van der Waals surface area (Å²) in [5.41, 5.74) is 9.45. The Morgan fingerprint density at radius 2 is 1.61 bits per heavy atom. The zero-order valence-corrected chi connectivity index (χ0v) is 16.9. The van der Waals surface area contributed by atoms with E-state index in [4.69, 9.17) is 4.99 Å². The van der Waals surface area contributed by atoms with Gasteiger partial charge in [0.05, 0.1) is 28.2 Å². The number of allylic oxidation sites excluding steroid dienone is 2. The third kappa shape index (κ3) is 2.82. The maximum atomic E-state index is 10.0. The molecule has 2 aromatic rings. The second-order valence-electron chi connectivity index (χ2n) is 7.22. The molecule has 0 unspecified atom stereocenters. The molecule has 140 valence electrons. The molecule has 2 N–H and O–H groups in total. The maximum Gasteiger partial charge on any atom is 0.116 e. The molecule has 2 heterocycles. The number of phenols is 1. The molecule has 1 aliphatic heterocycles. The molecule has 0 bridgehead atoms. The van der Waals surface area contributed by atoms with Gasteiger partial charge in [0.25, 0.3) is 0 Å². The van der Waals surface area contributed by atoms with Gasteiger partial charge in [-0.2, -0.15) is 10.5 Å². The van der Waals surface area contributed by atoms with Crippen molar-refractivity contribution < 1.29 is 5.11 Å².